The molecule has 10 nitrogen and oxygen atoms in total. The van der Waals surface area contributed by atoms with Crippen molar-refractivity contribution in [3.05, 3.63) is 99.6 Å². The molecule has 1 N–H and O–H groups in total. The fourth-order valence-electron chi connectivity index (χ4n) is 3.68. The molecule has 0 fully saturated rings. The number of nitrogens with one attached hydrogen (secondary N) is 1. The van der Waals surface area contributed by atoms with Crippen molar-refractivity contribution >= 4 is 44.8 Å². The summed E-state index contributed by atoms with van der Waals surface area (Å²) in [5, 5.41) is 14.3. The Balaban J connectivity index is 2.03. The molecule has 0 aromatic heterocycles. The highest BCUT2D eigenvalue weighted by Crippen LogP contribution is 2.26. The van der Waals surface area contributed by atoms with E-state index in [-0.39, 0.29) is 22.8 Å². The quantitative estimate of drug-likeness (QED) is 0.280. The number of carbonyl (C=O) groups excluding carboxylic acids is 2. The van der Waals surface area contributed by atoms with E-state index < -0.39 is 39.3 Å². The molecule has 2 amide bonds. The maximum atomic E-state index is 13.7. The zero-order chi connectivity index (χ0) is 27.9. The zero-order valence-corrected chi connectivity index (χ0v) is 22.4. The van der Waals surface area contributed by atoms with Gasteiger partial charge in [-0.2, -0.15) is 0 Å². The Labute approximate surface area is 226 Å². The molecule has 0 saturated carbocycles. The van der Waals surface area contributed by atoms with Crippen molar-refractivity contribution in [3.8, 4) is 0 Å². The summed E-state index contributed by atoms with van der Waals surface area (Å²) in [4.78, 5) is 38.1. The van der Waals surface area contributed by atoms with Gasteiger partial charge in [-0.05, 0) is 55.8 Å². The van der Waals surface area contributed by atoms with Crippen LogP contribution < -0.4 is 9.62 Å². The molecule has 0 aliphatic rings. The fourth-order valence-corrected chi connectivity index (χ4v) is 5.24. The van der Waals surface area contributed by atoms with Gasteiger partial charge in [0.15, 0.2) is 0 Å². The summed E-state index contributed by atoms with van der Waals surface area (Å²) in [6, 6.07) is 18.2. The summed E-state index contributed by atoms with van der Waals surface area (Å²) >= 11 is 5.98. The van der Waals surface area contributed by atoms with Crippen LogP contribution in [0.3, 0.4) is 0 Å². The first kappa shape index (κ1) is 28.6. The van der Waals surface area contributed by atoms with Crippen molar-refractivity contribution in [2.45, 2.75) is 31.3 Å². The van der Waals surface area contributed by atoms with Crippen molar-refractivity contribution < 1.29 is 22.9 Å². The number of likely N-dealkylation sites (N-methyl/N-ethyl adjacent to an activating group) is 1. The molecule has 0 aliphatic carbocycles. The molecule has 0 radical (unpaired) electrons. The van der Waals surface area contributed by atoms with Crippen molar-refractivity contribution in [3.63, 3.8) is 0 Å². The molecule has 38 heavy (non-hydrogen) atoms. The Kier molecular flexibility index (Phi) is 9.43. The Morgan fingerprint density at radius 3 is 2.16 bits per heavy atom. The third-order valence-electron chi connectivity index (χ3n) is 5.74. The number of hydrogen-bond donors (Lipinski definition) is 1. The van der Waals surface area contributed by atoms with Gasteiger partial charge in [-0.15, -0.1) is 0 Å². The number of anilines is 1. The molecule has 3 aromatic rings. The van der Waals surface area contributed by atoms with Gasteiger partial charge in [0.05, 0.1) is 15.5 Å². The lowest BCUT2D eigenvalue weighted by Crippen LogP contribution is -2.51. The number of hydrogen-bond acceptors (Lipinski definition) is 6. The van der Waals surface area contributed by atoms with Crippen LogP contribution in [0.2, 0.25) is 5.02 Å². The predicted molar refractivity (Wildman–Crippen MR) is 144 cm³/mol. The van der Waals surface area contributed by atoms with Crippen LogP contribution in [0.25, 0.3) is 0 Å². The molecule has 3 aromatic carbocycles. The number of nitro groups is 1. The van der Waals surface area contributed by atoms with E-state index in [0.29, 0.717) is 17.1 Å². The standard InChI is InChI=1S/C26H27ClN4O6S/c1-3-28-26(33)19(2)29(17-20-9-11-21(27)12-10-20)25(32)18-30(22-13-15-23(16-14-22)31(34)35)38(36,37)24-7-5-4-6-8-24/h4-16,19H,3,17-18H2,1-2H3,(H,28,33)/t19-/m1/s1. The highest BCUT2D eigenvalue weighted by atomic mass is 35.5. The second-order valence-corrected chi connectivity index (χ2v) is 10.6. The van der Waals surface area contributed by atoms with Crippen molar-refractivity contribution in [1.29, 1.82) is 0 Å². The van der Waals surface area contributed by atoms with Crippen LogP contribution in [0.5, 0.6) is 0 Å². The van der Waals surface area contributed by atoms with E-state index in [2.05, 4.69) is 5.32 Å². The number of benzene rings is 3. The Bertz CT molecular complexity index is 1380. The van der Waals surface area contributed by atoms with Gasteiger partial charge in [0.25, 0.3) is 15.7 Å². The average molecular weight is 559 g/mol. The third kappa shape index (κ3) is 6.87. The average Bonchev–Trinajstić information content (AvgIpc) is 2.91. The minimum atomic E-state index is -4.25. The molecule has 1 atom stereocenters. The summed E-state index contributed by atoms with van der Waals surface area (Å²) in [5.41, 5.74) is 0.517. The van der Waals surface area contributed by atoms with Gasteiger partial charge in [-0.25, -0.2) is 8.42 Å². The number of nitro benzene ring substituents is 1. The molecule has 0 heterocycles. The lowest BCUT2D eigenvalue weighted by atomic mass is 10.1. The molecular weight excluding hydrogens is 532 g/mol. The zero-order valence-electron chi connectivity index (χ0n) is 20.8. The van der Waals surface area contributed by atoms with E-state index in [4.69, 9.17) is 11.6 Å². The number of sulfonamides is 1. The second kappa shape index (κ2) is 12.5. The van der Waals surface area contributed by atoms with E-state index in [0.717, 1.165) is 16.4 Å². The van der Waals surface area contributed by atoms with Crippen LogP contribution in [0.15, 0.2) is 83.8 Å². The van der Waals surface area contributed by atoms with Crippen LogP contribution in [0, 0.1) is 10.1 Å². The number of halogens is 1. The largest absolute Gasteiger partial charge is 0.355 e. The van der Waals surface area contributed by atoms with Gasteiger partial charge < -0.3 is 10.2 Å². The molecule has 0 saturated heterocycles. The van der Waals surface area contributed by atoms with E-state index in [1.165, 1.54) is 29.2 Å². The highest BCUT2D eigenvalue weighted by Gasteiger charge is 2.32. The van der Waals surface area contributed by atoms with Gasteiger partial charge in [-0.3, -0.25) is 24.0 Å². The highest BCUT2D eigenvalue weighted by molar-refractivity contribution is 7.92. The Morgan fingerprint density at radius 2 is 1.61 bits per heavy atom. The third-order valence-corrected chi connectivity index (χ3v) is 7.78. The Hall–Kier alpha value is -3.96. The Morgan fingerprint density at radius 1 is 1.00 bits per heavy atom. The van der Waals surface area contributed by atoms with E-state index in [1.54, 1.807) is 56.3 Å². The van der Waals surface area contributed by atoms with E-state index in [9.17, 15) is 28.1 Å². The summed E-state index contributed by atoms with van der Waals surface area (Å²) in [6.45, 7) is 3.03. The molecule has 0 spiro atoms. The first-order valence-electron chi connectivity index (χ1n) is 11.7. The molecule has 0 bridgehead atoms. The summed E-state index contributed by atoms with van der Waals surface area (Å²) in [6.07, 6.45) is 0. The SMILES string of the molecule is CCNC(=O)[C@@H](C)N(Cc1ccc(Cl)cc1)C(=O)CN(c1ccc([N+](=O)[O-])cc1)S(=O)(=O)c1ccccc1. The smallest absolute Gasteiger partial charge is 0.269 e. The molecule has 200 valence electrons. The maximum absolute atomic E-state index is 13.7. The van der Waals surface area contributed by atoms with Gasteiger partial charge in [0.2, 0.25) is 11.8 Å². The monoisotopic (exact) mass is 558 g/mol. The van der Waals surface area contributed by atoms with Gasteiger partial charge in [-0.1, -0.05) is 41.9 Å². The number of rotatable bonds is 11. The first-order valence-corrected chi connectivity index (χ1v) is 13.5. The van der Waals surface area contributed by atoms with Crippen LogP contribution in [-0.4, -0.2) is 49.2 Å². The molecular formula is C26H27ClN4O6S. The number of amides is 2. The van der Waals surface area contributed by atoms with Crippen LogP contribution in [0.4, 0.5) is 11.4 Å². The lowest BCUT2D eigenvalue weighted by Gasteiger charge is -2.32. The second-order valence-electron chi connectivity index (χ2n) is 8.32. The minimum absolute atomic E-state index is 0.0216. The van der Waals surface area contributed by atoms with Crippen LogP contribution in [0.1, 0.15) is 19.4 Å². The minimum Gasteiger partial charge on any atom is -0.355 e. The number of non-ortho nitro benzene ring substituents is 1. The predicted octanol–water partition coefficient (Wildman–Crippen LogP) is 4.00. The maximum Gasteiger partial charge on any atom is 0.269 e. The fraction of sp³-hybridized carbons (Fsp3) is 0.231. The number of nitrogens with zero attached hydrogens (tertiary/aromatic N) is 3. The van der Waals surface area contributed by atoms with E-state index >= 15 is 0 Å². The topological polar surface area (TPSA) is 130 Å². The molecule has 0 aliphatic heterocycles. The van der Waals surface area contributed by atoms with Crippen molar-refractivity contribution in [2.75, 3.05) is 17.4 Å². The van der Waals surface area contributed by atoms with Gasteiger partial charge in [0.1, 0.15) is 12.6 Å². The summed E-state index contributed by atoms with van der Waals surface area (Å²) < 4.78 is 28.2. The normalized spacial score (nSPS) is 11.9. The molecule has 3 rings (SSSR count). The summed E-state index contributed by atoms with van der Waals surface area (Å²) in [7, 11) is -4.25. The van der Waals surface area contributed by atoms with E-state index in [1.807, 2.05) is 0 Å². The van der Waals surface area contributed by atoms with Gasteiger partial charge >= 0.3 is 0 Å². The van der Waals surface area contributed by atoms with Crippen molar-refractivity contribution in [1.82, 2.24) is 10.2 Å². The summed E-state index contributed by atoms with van der Waals surface area (Å²) in [5.74, 6) is -1.04. The number of carbonyl (C=O) groups is 2. The lowest BCUT2D eigenvalue weighted by molar-refractivity contribution is -0.384. The molecule has 0 unspecified atom stereocenters. The van der Waals surface area contributed by atoms with Crippen LogP contribution in [-0.2, 0) is 26.2 Å². The molecule has 12 heteroatoms. The first-order chi connectivity index (χ1) is 18.0. The van der Waals surface area contributed by atoms with Crippen LogP contribution >= 0.6 is 11.6 Å². The van der Waals surface area contributed by atoms with Crippen molar-refractivity contribution in [2.24, 2.45) is 0 Å². The van der Waals surface area contributed by atoms with Gasteiger partial charge in [0, 0.05) is 30.2 Å².